The van der Waals surface area contributed by atoms with Crippen LogP contribution < -0.4 is 5.32 Å². The summed E-state index contributed by atoms with van der Waals surface area (Å²) in [5.41, 5.74) is 0.848. The second-order valence-corrected chi connectivity index (χ2v) is 4.82. The van der Waals surface area contributed by atoms with Gasteiger partial charge >= 0.3 is 0 Å². The van der Waals surface area contributed by atoms with Crippen LogP contribution in [0.25, 0.3) is 0 Å². The zero-order valence-corrected chi connectivity index (χ0v) is 11.0. The van der Waals surface area contributed by atoms with Crippen LogP contribution in [0.5, 0.6) is 0 Å². The maximum atomic E-state index is 8.72. The molecule has 2 heterocycles. The van der Waals surface area contributed by atoms with Crippen LogP contribution in [0.3, 0.4) is 0 Å². The van der Waals surface area contributed by atoms with E-state index in [1.807, 2.05) is 6.20 Å². The lowest BCUT2D eigenvalue weighted by Gasteiger charge is -1.97. The normalized spacial score (nSPS) is 10.8. The van der Waals surface area contributed by atoms with Crippen molar-refractivity contribution in [2.75, 3.05) is 11.9 Å². The molecule has 7 nitrogen and oxygen atoms in total. The monoisotopic (exact) mass is 268 g/mol. The minimum Gasteiger partial charge on any atom is -0.396 e. The van der Waals surface area contributed by atoms with Crippen LogP contribution in [-0.2, 0) is 19.5 Å². The van der Waals surface area contributed by atoms with Crippen LogP contribution in [0.4, 0.5) is 5.13 Å². The average Bonchev–Trinajstić information content (AvgIpc) is 3.03. The molecule has 0 spiro atoms. The van der Waals surface area contributed by atoms with Gasteiger partial charge < -0.3 is 10.4 Å². The third-order valence-corrected chi connectivity index (χ3v) is 3.35. The van der Waals surface area contributed by atoms with Crippen LogP contribution in [0.2, 0.25) is 0 Å². The summed E-state index contributed by atoms with van der Waals surface area (Å²) >= 11 is 1.55. The van der Waals surface area contributed by atoms with Crippen molar-refractivity contribution in [3.05, 3.63) is 16.9 Å². The van der Waals surface area contributed by atoms with E-state index in [4.69, 9.17) is 5.11 Å². The molecule has 0 aliphatic rings. The highest BCUT2D eigenvalue weighted by Gasteiger charge is 2.04. The summed E-state index contributed by atoms with van der Waals surface area (Å²) in [7, 11) is 0. The molecule has 0 aliphatic carbocycles. The Balaban J connectivity index is 1.84. The molecule has 0 unspecified atom stereocenters. The SMILES string of the molecule is CCc1nnc(NCc2cn(CCCO)nn2)s1. The molecule has 2 aromatic rings. The molecule has 0 radical (unpaired) electrons. The molecule has 8 heteroatoms. The van der Waals surface area contributed by atoms with Crippen LogP contribution in [0.1, 0.15) is 24.0 Å². The number of rotatable bonds is 7. The van der Waals surface area contributed by atoms with Crippen molar-refractivity contribution in [1.82, 2.24) is 25.2 Å². The Labute approximate surface area is 109 Å². The molecule has 2 rings (SSSR count). The predicted octanol–water partition coefficient (Wildman–Crippen LogP) is 0.686. The Morgan fingerprint density at radius 1 is 1.39 bits per heavy atom. The largest absolute Gasteiger partial charge is 0.396 e. The second kappa shape index (κ2) is 6.41. The lowest BCUT2D eigenvalue weighted by atomic mass is 10.4. The summed E-state index contributed by atoms with van der Waals surface area (Å²) in [5, 5.41) is 29.8. The first-order valence-corrected chi connectivity index (χ1v) is 6.69. The molecule has 0 atom stereocenters. The fourth-order valence-electron chi connectivity index (χ4n) is 1.40. The van der Waals surface area contributed by atoms with E-state index in [1.165, 1.54) is 0 Å². The number of hydrogen-bond donors (Lipinski definition) is 2. The van der Waals surface area contributed by atoms with E-state index in [0.29, 0.717) is 19.5 Å². The Morgan fingerprint density at radius 2 is 2.28 bits per heavy atom. The molecule has 0 fully saturated rings. The third kappa shape index (κ3) is 3.47. The van der Waals surface area contributed by atoms with E-state index in [2.05, 4.69) is 32.7 Å². The Kier molecular flexibility index (Phi) is 4.59. The summed E-state index contributed by atoms with van der Waals surface area (Å²) in [6.07, 6.45) is 3.45. The number of nitrogens with one attached hydrogen (secondary N) is 1. The fraction of sp³-hybridized carbons (Fsp3) is 0.600. The zero-order valence-electron chi connectivity index (χ0n) is 10.2. The molecule has 18 heavy (non-hydrogen) atoms. The highest BCUT2D eigenvalue weighted by Crippen LogP contribution is 2.15. The summed E-state index contributed by atoms with van der Waals surface area (Å²) in [5.74, 6) is 0. The molecule has 2 N–H and O–H groups in total. The zero-order chi connectivity index (χ0) is 12.8. The molecule has 0 saturated carbocycles. The Hall–Kier alpha value is -1.54. The maximum Gasteiger partial charge on any atom is 0.205 e. The third-order valence-electron chi connectivity index (χ3n) is 2.32. The van der Waals surface area contributed by atoms with Gasteiger partial charge in [0.25, 0.3) is 0 Å². The second-order valence-electron chi connectivity index (χ2n) is 3.76. The quantitative estimate of drug-likeness (QED) is 0.768. The summed E-state index contributed by atoms with van der Waals surface area (Å²) in [6, 6.07) is 0. The minimum atomic E-state index is 0.165. The maximum absolute atomic E-state index is 8.72. The fourth-order valence-corrected chi connectivity index (χ4v) is 2.07. The average molecular weight is 268 g/mol. The molecule has 0 saturated heterocycles. The highest BCUT2D eigenvalue weighted by molar-refractivity contribution is 7.15. The first-order valence-electron chi connectivity index (χ1n) is 5.88. The van der Waals surface area contributed by atoms with Gasteiger partial charge in [-0.2, -0.15) is 0 Å². The molecule has 98 valence electrons. The van der Waals surface area contributed by atoms with E-state index in [0.717, 1.165) is 22.3 Å². The molecule has 0 aromatic carbocycles. The van der Waals surface area contributed by atoms with Crippen LogP contribution in [-0.4, -0.2) is 36.9 Å². The number of aliphatic hydroxyl groups is 1. The van der Waals surface area contributed by atoms with Gasteiger partial charge in [-0.3, -0.25) is 4.68 Å². The van der Waals surface area contributed by atoms with Crippen LogP contribution in [0.15, 0.2) is 6.20 Å². The number of aryl methyl sites for hydroxylation is 2. The Morgan fingerprint density at radius 3 is 3.00 bits per heavy atom. The van der Waals surface area contributed by atoms with Gasteiger partial charge in [-0.15, -0.1) is 15.3 Å². The van der Waals surface area contributed by atoms with Gasteiger partial charge in [-0.05, 0) is 12.8 Å². The summed E-state index contributed by atoms with van der Waals surface area (Å²) in [6.45, 7) is 3.48. The van der Waals surface area contributed by atoms with Gasteiger partial charge in [0, 0.05) is 13.2 Å². The lowest BCUT2D eigenvalue weighted by molar-refractivity contribution is 0.276. The number of aromatic nitrogens is 5. The lowest BCUT2D eigenvalue weighted by Crippen LogP contribution is -2.01. The van der Waals surface area contributed by atoms with Crippen molar-refractivity contribution in [3.63, 3.8) is 0 Å². The van der Waals surface area contributed by atoms with Crippen molar-refractivity contribution >= 4 is 16.5 Å². The van der Waals surface area contributed by atoms with Gasteiger partial charge in [0.1, 0.15) is 10.7 Å². The molecular weight excluding hydrogens is 252 g/mol. The van der Waals surface area contributed by atoms with Gasteiger partial charge in [0.05, 0.1) is 12.7 Å². The van der Waals surface area contributed by atoms with Crippen molar-refractivity contribution in [3.8, 4) is 0 Å². The van der Waals surface area contributed by atoms with E-state index >= 15 is 0 Å². The van der Waals surface area contributed by atoms with Crippen molar-refractivity contribution < 1.29 is 5.11 Å². The minimum absolute atomic E-state index is 0.165. The van der Waals surface area contributed by atoms with Crippen molar-refractivity contribution in [2.45, 2.75) is 32.9 Å². The standard InChI is InChI=1S/C10H16N6OS/c1-2-9-13-14-10(18-9)11-6-8-7-16(15-12-8)4-3-5-17/h7,17H,2-6H2,1H3,(H,11,14). The highest BCUT2D eigenvalue weighted by atomic mass is 32.1. The first-order chi connectivity index (χ1) is 8.81. The first kappa shape index (κ1) is 12.9. The summed E-state index contributed by atoms with van der Waals surface area (Å²) in [4.78, 5) is 0. The Bertz CT molecular complexity index is 482. The van der Waals surface area contributed by atoms with E-state index in [1.54, 1.807) is 16.0 Å². The molecule has 0 bridgehead atoms. The van der Waals surface area contributed by atoms with Crippen LogP contribution >= 0.6 is 11.3 Å². The molecular formula is C10H16N6OS. The van der Waals surface area contributed by atoms with Gasteiger partial charge in [-0.1, -0.05) is 23.5 Å². The predicted molar refractivity (Wildman–Crippen MR) is 68.3 cm³/mol. The van der Waals surface area contributed by atoms with E-state index in [-0.39, 0.29) is 6.61 Å². The van der Waals surface area contributed by atoms with Gasteiger partial charge in [0.15, 0.2) is 0 Å². The number of aliphatic hydroxyl groups excluding tert-OH is 1. The van der Waals surface area contributed by atoms with Crippen LogP contribution in [0, 0.1) is 0 Å². The topological polar surface area (TPSA) is 88.8 Å². The van der Waals surface area contributed by atoms with Crippen molar-refractivity contribution in [1.29, 1.82) is 0 Å². The molecule has 0 amide bonds. The van der Waals surface area contributed by atoms with Gasteiger partial charge in [0.2, 0.25) is 5.13 Å². The molecule has 0 aliphatic heterocycles. The van der Waals surface area contributed by atoms with E-state index < -0.39 is 0 Å². The number of anilines is 1. The smallest absolute Gasteiger partial charge is 0.205 e. The van der Waals surface area contributed by atoms with Gasteiger partial charge in [-0.25, -0.2) is 0 Å². The summed E-state index contributed by atoms with van der Waals surface area (Å²) < 4.78 is 1.73. The molecule has 2 aromatic heterocycles. The number of nitrogens with zero attached hydrogens (tertiary/aromatic N) is 5. The number of hydrogen-bond acceptors (Lipinski definition) is 7. The van der Waals surface area contributed by atoms with Crippen molar-refractivity contribution in [2.24, 2.45) is 0 Å². The van der Waals surface area contributed by atoms with E-state index in [9.17, 15) is 0 Å².